The van der Waals surface area contributed by atoms with E-state index in [1.165, 1.54) is 0 Å². The molecule has 1 N–H and O–H groups in total. The maximum atomic E-state index is 7.54. The summed E-state index contributed by atoms with van der Waals surface area (Å²) in [5.41, 5.74) is 0. The van der Waals surface area contributed by atoms with Crippen molar-refractivity contribution in [1.29, 1.82) is 0 Å². The van der Waals surface area contributed by atoms with Crippen molar-refractivity contribution >= 4 is 39.3 Å². The van der Waals surface area contributed by atoms with Gasteiger partial charge in [-0.05, 0) is 11.2 Å². The van der Waals surface area contributed by atoms with E-state index in [0.29, 0.717) is 0 Å². The van der Waals surface area contributed by atoms with Gasteiger partial charge in [-0.25, -0.2) is 5.26 Å². The molecule has 0 bridgehead atoms. The van der Waals surface area contributed by atoms with Crippen LogP contribution >= 0.6 is 21.2 Å². The normalized spacial score (nSPS) is 14.8. The molecule has 0 aliphatic rings. The van der Waals surface area contributed by atoms with E-state index in [4.69, 9.17) is 5.26 Å². The summed E-state index contributed by atoms with van der Waals surface area (Å²) in [6.45, 7) is -0.714. The van der Waals surface area contributed by atoms with Crippen molar-refractivity contribution in [3.8, 4) is 0 Å². The Morgan fingerprint density at radius 2 is 2.20 bits per heavy atom. The number of halogens is 1. The quantitative estimate of drug-likeness (QED) is 0.309. The predicted octanol–water partition coefficient (Wildman–Crippen LogP) is 0.821. The summed E-state index contributed by atoms with van der Waals surface area (Å²) in [5, 5.41) is 7.54. The molecule has 0 rings (SSSR count). The van der Waals surface area contributed by atoms with Gasteiger partial charge in [-0.15, -0.1) is 0 Å². The van der Waals surface area contributed by atoms with Crippen LogP contribution in [0.15, 0.2) is 0 Å². The smallest absolute Gasteiger partial charge is 0.107 e. The number of hydrogen-bond donors (Lipinski definition) is 1. The van der Waals surface area contributed by atoms with Crippen molar-refractivity contribution in [1.82, 2.24) is 0 Å². The Morgan fingerprint density at radius 3 is 2.20 bits per heavy atom. The van der Waals surface area contributed by atoms with E-state index in [9.17, 15) is 0 Å². The van der Waals surface area contributed by atoms with E-state index in [0.717, 1.165) is 0 Å². The summed E-state index contributed by atoms with van der Waals surface area (Å²) in [7, 11) is 0. The number of hydrogen-bond acceptors (Lipinski definition) is 3. The Morgan fingerprint density at radius 1 is 2.00 bits per heavy atom. The predicted molar refractivity (Wildman–Crippen MR) is 32.5 cm³/mol. The second-order valence-electron chi connectivity index (χ2n) is 0.269. The third-order valence-electron chi connectivity index (χ3n) is 0.0586. The van der Waals surface area contributed by atoms with E-state index < -0.39 is 6.91 Å². The van der Waals surface area contributed by atoms with Crippen molar-refractivity contribution < 1.29 is 9.59 Å². The lowest BCUT2D eigenvalue weighted by Gasteiger charge is -1.77. The van der Waals surface area contributed by atoms with Gasteiger partial charge in [0.1, 0.15) is 6.91 Å². The molecule has 0 radical (unpaired) electrons. The minimum atomic E-state index is -0.714. The van der Waals surface area contributed by atoms with Crippen LogP contribution < -0.4 is 0 Å². The van der Waals surface area contributed by atoms with Crippen molar-refractivity contribution in [3.05, 3.63) is 0 Å². The monoisotopic (exact) mass is 224 g/mol. The van der Waals surface area contributed by atoms with Crippen LogP contribution in [0, 0.1) is 0 Å². The molecule has 0 aromatic carbocycles. The molecule has 0 aliphatic carbocycles. The second kappa shape index (κ2) is 3.41. The molecule has 0 aromatic rings. The Hall–Kier alpha value is 1.22. The maximum Gasteiger partial charge on any atom is 0.107 e. The minimum Gasteiger partial charge on any atom is -0.238 e. The molecule has 0 amide bonds. The zero-order valence-electron chi connectivity index (χ0n) is 2.05. The minimum absolute atomic E-state index is 0.714. The summed E-state index contributed by atoms with van der Waals surface area (Å²) in [6.07, 6.45) is 0. The molecule has 0 heterocycles. The van der Waals surface area contributed by atoms with E-state index in [1.807, 2.05) is 0 Å². The van der Waals surface area contributed by atoms with E-state index in [1.54, 1.807) is 21.2 Å². The van der Waals surface area contributed by atoms with Crippen LogP contribution in [0.5, 0.6) is 0 Å². The first kappa shape index (κ1) is 6.22. The molecule has 5 heavy (non-hydrogen) atoms. The van der Waals surface area contributed by atoms with E-state index >= 15 is 0 Å². The van der Waals surface area contributed by atoms with Crippen LogP contribution in [-0.4, -0.2) is 5.26 Å². The topological polar surface area (TPSA) is 29.5 Å². The van der Waals surface area contributed by atoms with Crippen LogP contribution in [0.2, 0.25) is 0 Å². The average Bonchev–Trinajstić information content (AvgIpc) is 1.38. The van der Waals surface area contributed by atoms with Gasteiger partial charge < -0.3 is 0 Å². The maximum absolute atomic E-state index is 7.54. The zero-order chi connectivity index (χ0) is 4.28. The summed E-state index contributed by atoms with van der Waals surface area (Å²) in [6, 6.07) is 0. The van der Waals surface area contributed by atoms with Gasteiger partial charge in [0.05, 0.1) is 0 Å². The van der Waals surface area contributed by atoms with Gasteiger partial charge >= 0.3 is 0 Å². The molecular formula is HIO2S2. The fourth-order valence-electron chi connectivity index (χ4n) is 0. The van der Waals surface area contributed by atoms with Crippen molar-refractivity contribution in [2.45, 2.75) is 0 Å². The van der Waals surface area contributed by atoms with Gasteiger partial charge in [-0.2, -0.15) is 4.33 Å². The lowest BCUT2D eigenvalue weighted by atomic mass is 15.0. The second-order valence-corrected chi connectivity index (χ2v) is 5.91. The van der Waals surface area contributed by atoms with Crippen molar-refractivity contribution in [2.75, 3.05) is 0 Å². The lowest BCUT2D eigenvalue weighted by Crippen LogP contribution is -1.72. The first-order chi connectivity index (χ1) is 2.27. The van der Waals surface area contributed by atoms with Gasteiger partial charge in [0.15, 0.2) is 0 Å². The van der Waals surface area contributed by atoms with Gasteiger partial charge in [-0.1, -0.05) is 0 Å². The van der Waals surface area contributed by atoms with Crippen LogP contribution in [0.4, 0.5) is 0 Å². The van der Waals surface area contributed by atoms with Gasteiger partial charge in [0.2, 0.25) is 0 Å². The first-order valence-corrected chi connectivity index (χ1v) is 5.29. The van der Waals surface area contributed by atoms with E-state index in [2.05, 4.69) is 15.5 Å². The SMILES string of the molecule is OOS(=S)I. The van der Waals surface area contributed by atoms with Gasteiger partial charge in [-0.3, -0.25) is 0 Å². The van der Waals surface area contributed by atoms with Gasteiger partial charge in [0.25, 0.3) is 0 Å². The van der Waals surface area contributed by atoms with Crippen LogP contribution in [0.25, 0.3) is 0 Å². The third kappa shape index (κ3) is 5.22. The van der Waals surface area contributed by atoms with Gasteiger partial charge in [0, 0.05) is 21.2 Å². The molecule has 0 saturated carbocycles. The molecule has 2 nitrogen and oxygen atoms in total. The highest BCUT2D eigenvalue weighted by atomic mass is 127. The summed E-state index contributed by atoms with van der Waals surface area (Å²) in [4.78, 5) is 0. The largest absolute Gasteiger partial charge is 0.238 e. The lowest BCUT2D eigenvalue weighted by molar-refractivity contribution is -0.116. The molecule has 0 aliphatic heterocycles. The summed E-state index contributed by atoms with van der Waals surface area (Å²) >= 11 is 6.10. The molecule has 0 aromatic heterocycles. The molecule has 1 atom stereocenters. The van der Waals surface area contributed by atoms with E-state index in [-0.39, 0.29) is 0 Å². The van der Waals surface area contributed by atoms with Crippen LogP contribution in [0.1, 0.15) is 0 Å². The molecule has 0 spiro atoms. The summed E-state index contributed by atoms with van der Waals surface area (Å²) in [5.74, 6) is 0. The van der Waals surface area contributed by atoms with Crippen molar-refractivity contribution in [3.63, 3.8) is 0 Å². The summed E-state index contributed by atoms with van der Waals surface area (Å²) < 4.78 is 3.58. The molecular weight excluding hydrogens is 223 g/mol. The van der Waals surface area contributed by atoms with Crippen LogP contribution in [-0.2, 0) is 22.4 Å². The Bertz CT molecular complexity index is 42.9. The first-order valence-electron chi connectivity index (χ1n) is 0.670. The highest BCUT2D eigenvalue weighted by molar-refractivity contribution is 14.2. The molecule has 5 heteroatoms. The standard InChI is InChI=1S/HIO2S2/c1-5(4)3-2/h2H. The Balaban J connectivity index is 2.85. The highest BCUT2D eigenvalue weighted by Gasteiger charge is 1.72. The molecule has 0 saturated heterocycles. The molecule has 0 fully saturated rings. The third-order valence-corrected chi connectivity index (χ3v) is 0.841. The highest BCUT2D eigenvalue weighted by Crippen LogP contribution is 1.90. The van der Waals surface area contributed by atoms with Crippen LogP contribution in [0.3, 0.4) is 0 Å². The zero-order valence-corrected chi connectivity index (χ0v) is 5.84. The Kier molecular flexibility index (Phi) is 4.24. The molecule has 32 valence electrons. The fourth-order valence-corrected chi connectivity index (χ4v) is 0. The average molecular weight is 224 g/mol. The molecule has 1 unspecified atom stereocenters. The fraction of sp³-hybridized carbons (Fsp3) is 0. The number of rotatable bonds is 1. The van der Waals surface area contributed by atoms with Crippen molar-refractivity contribution in [2.24, 2.45) is 0 Å². The Labute approximate surface area is 48.8 Å².